The van der Waals surface area contributed by atoms with E-state index in [1.165, 1.54) is 75.4 Å². The van der Waals surface area contributed by atoms with Crippen LogP contribution in [0, 0.1) is 23.7 Å². The molecule has 1 aliphatic carbocycles. The molecule has 2 fully saturated rings. The van der Waals surface area contributed by atoms with Crippen LogP contribution in [0.2, 0.25) is 5.31 Å². The van der Waals surface area contributed by atoms with E-state index in [1.54, 1.807) is 6.92 Å². The summed E-state index contributed by atoms with van der Waals surface area (Å²) in [6, 6.07) is 9.10. The van der Waals surface area contributed by atoms with E-state index in [0.717, 1.165) is 31.1 Å². The normalized spacial score (nSPS) is 26.5. The fourth-order valence-electron chi connectivity index (χ4n) is 7.26. The number of carbonyl (C=O) groups excluding carboxylic acids is 1. The lowest BCUT2D eigenvalue weighted by molar-refractivity contribution is -0.117. The average molecular weight is 496 g/mol. The van der Waals surface area contributed by atoms with E-state index < -0.39 is 0 Å². The van der Waals surface area contributed by atoms with Crippen LogP contribution >= 0.6 is 9.24 Å². The highest BCUT2D eigenvalue weighted by Gasteiger charge is 2.47. The molecule has 0 amide bonds. The van der Waals surface area contributed by atoms with Gasteiger partial charge in [-0.3, -0.25) is 0 Å². The average Bonchev–Trinajstić information content (AvgIpc) is 3.20. The van der Waals surface area contributed by atoms with E-state index in [1.807, 2.05) is 0 Å². The van der Waals surface area contributed by atoms with E-state index in [9.17, 15) is 4.79 Å². The maximum Gasteiger partial charge on any atom is 0.129 e. The Morgan fingerprint density at radius 2 is 1.94 bits per heavy atom. The Labute approximate surface area is 220 Å². The van der Waals surface area contributed by atoms with Crippen LogP contribution in [-0.2, 0) is 4.79 Å². The van der Waals surface area contributed by atoms with E-state index in [4.69, 9.17) is 7.85 Å². The second-order valence-corrected chi connectivity index (χ2v) is 12.8. The van der Waals surface area contributed by atoms with Crippen LogP contribution in [0.5, 0.6) is 0 Å². The molecule has 4 heteroatoms. The molecule has 1 saturated carbocycles. The summed E-state index contributed by atoms with van der Waals surface area (Å²) in [6.07, 6.45) is 12.8. The van der Waals surface area contributed by atoms with Gasteiger partial charge in [0.1, 0.15) is 5.78 Å². The summed E-state index contributed by atoms with van der Waals surface area (Å²) >= 11 is 0. The molecule has 4 unspecified atom stereocenters. The van der Waals surface area contributed by atoms with Gasteiger partial charge < -0.3 is 9.69 Å². The van der Waals surface area contributed by atoms with Gasteiger partial charge in [0.05, 0.1) is 7.85 Å². The van der Waals surface area contributed by atoms with Crippen molar-refractivity contribution in [2.24, 2.45) is 23.7 Å². The van der Waals surface area contributed by atoms with Crippen molar-refractivity contribution >= 4 is 28.2 Å². The minimum absolute atomic E-state index is 0.148. The highest BCUT2D eigenvalue weighted by molar-refractivity contribution is 7.27. The Bertz CT molecular complexity index is 792. The zero-order valence-electron chi connectivity index (χ0n) is 23.1. The molecule has 3 rings (SSSR count). The molecule has 194 valence electrons. The van der Waals surface area contributed by atoms with Crippen LogP contribution in [0.25, 0.3) is 0 Å². The first-order valence-electron chi connectivity index (χ1n) is 14.6. The van der Waals surface area contributed by atoms with Gasteiger partial charge in [0.15, 0.2) is 0 Å². The monoisotopic (exact) mass is 495 g/mol. The second kappa shape index (κ2) is 13.8. The van der Waals surface area contributed by atoms with Crippen molar-refractivity contribution in [1.29, 1.82) is 0 Å². The number of hydrogen-bond acceptors (Lipinski definition) is 2. The number of rotatable bonds is 13. The zero-order chi connectivity index (χ0) is 25.4. The molecule has 0 aromatic heterocycles. The first-order chi connectivity index (χ1) is 16.8. The molecule has 0 N–H and O–H groups in total. The van der Waals surface area contributed by atoms with Crippen LogP contribution in [-0.4, -0.2) is 38.2 Å². The third-order valence-corrected chi connectivity index (χ3v) is 9.84. The molecule has 35 heavy (non-hydrogen) atoms. The third kappa shape index (κ3) is 7.91. The molecular formula is C31H51BNOP. The lowest BCUT2D eigenvalue weighted by Gasteiger charge is -2.47. The lowest BCUT2D eigenvalue weighted by atomic mass is 9.49. The van der Waals surface area contributed by atoms with Gasteiger partial charge in [0, 0.05) is 13.0 Å². The second-order valence-electron chi connectivity index (χ2n) is 12.1. The smallest absolute Gasteiger partial charge is 0.129 e. The van der Waals surface area contributed by atoms with Gasteiger partial charge in [0.2, 0.25) is 0 Å². The topological polar surface area (TPSA) is 20.3 Å². The molecule has 1 aromatic rings. The van der Waals surface area contributed by atoms with Crippen molar-refractivity contribution in [3.8, 4) is 0 Å². The summed E-state index contributed by atoms with van der Waals surface area (Å²) < 4.78 is 0. The molecular weight excluding hydrogens is 444 g/mol. The van der Waals surface area contributed by atoms with Gasteiger partial charge in [-0.1, -0.05) is 88.9 Å². The molecule has 2 aliphatic rings. The van der Waals surface area contributed by atoms with Crippen LogP contribution in [0.4, 0.5) is 0 Å². The van der Waals surface area contributed by atoms with Crippen molar-refractivity contribution in [2.75, 3.05) is 19.6 Å². The Hall–Kier alpha value is -0.655. The molecule has 1 heterocycles. The van der Waals surface area contributed by atoms with Crippen molar-refractivity contribution in [3.63, 3.8) is 0 Å². The van der Waals surface area contributed by atoms with Crippen molar-refractivity contribution in [1.82, 2.24) is 4.90 Å². The van der Waals surface area contributed by atoms with Crippen molar-refractivity contribution in [2.45, 2.75) is 110 Å². The Morgan fingerprint density at radius 1 is 1.20 bits per heavy atom. The Balaban J connectivity index is 1.73. The predicted octanol–water partition coefficient (Wildman–Crippen LogP) is 7.33. The third-order valence-electron chi connectivity index (χ3n) is 9.48. The van der Waals surface area contributed by atoms with Crippen molar-refractivity contribution < 1.29 is 4.79 Å². The first kappa shape index (κ1) is 28.9. The summed E-state index contributed by atoms with van der Waals surface area (Å²) in [6.45, 7) is 12.5. The fourth-order valence-corrected chi connectivity index (χ4v) is 7.56. The molecule has 2 radical (unpaired) electrons. The maximum atomic E-state index is 11.6. The summed E-state index contributed by atoms with van der Waals surface area (Å²) in [5, 5.41) is 1.11. The number of carbonyl (C=O) groups is 1. The molecule has 6 atom stereocenters. The maximum absolute atomic E-state index is 11.6. The zero-order valence-corrected chi connectivity index (χ0v) is 24.3. The number of Topliss-reactive ketones (excluding diaryl/α,β-unsaturated/α-hetero) is 1. The van der Waals surface area contributed by atoms with Crippen LogP contribution < -0.4 is 5.30 Å². The molecule has 1 saturated heterocycles. The van der Waals surface area contributed by atoms with E-state index in [0.29, 0.717) is 30.0 Å². The SMILES string of the molecule is [B][C@]1(C(c2cccc(P)c2)C2CCN(CC(CC)CC(C)CC)CC2)CCC[C@@H]1CCCC(C)=O. The molecule has 0 bridgehead atoms. The highest BCUT2D eigenvalue weighted by atomic mass is 31.0. The summed E-state index contributed by atoms with van der Waals surface area (Å²) in [5.74, 6) is 3.55. The van der Waals surface area contributed by atoms with Gasteiger partial charge in [-0.15, -0.1) is 9.24 Å². The number of benzene rings is 1. The summed E-state index contributed by atoms with van der Waals surface area (Å²) in [4.78, 5) is 14.3. The lowest BCUT2D eigenvalue weighted by Crippen LogP contribution is -2.41. The Kier molecular flexibility index (Phi) is 11.4. The summed E-state index contributed by atoms with van der Waals surface area (Å²) in [7, 11) is 10.4. The predicted molar refractivity (Wildman–Crippen MR) is 156 cm³/mol. The first-order valence-corrected chi connectivity index (χ1v) is 15.2. The fraction of sp³-hybridized carbons (Fsp3) is 0.774. The van der Waals surface area contributed by atoms with E-state index >= 15 is 0 Å². The minimum Gasteiger partial charge on any atom is -0.303 e. The highest BCUT2D eigenvalue weighted by Crippen LogP contribution is 2.61. The van der Waals surface area contributed by atoms with Gasteiger partial charge in [0.25, 0.3) is 0 Å². The quantitative estimate of drug-likeness (QED) is 0.211. The van der Waals surface area contributed by atoms with Gasteiger partial charge >= 0.3 is 0 Å². The van der Waals surface area contributed by atoms with Crippen LogP contribution in [0.3, 0.4) is 0 Å². The summed E-state index contributed by atoms with van der Waals surface area (Å²) in [5.41, 5.74) is 1.44. The number of piperidine rings is 1. The largest absolute Gasteiger partial charge is 0.303 e. The minimum atomic E-state index is -0.148. The van der Waals surface area contributed by atoms with E-state index in [-0.39, 0.29) is 5.31 Å². The van der Waals surface area contributed by atoms with Gasteiger partial charge in [-0.05, 0) is 86.2 Å². The molecule has 1 aromatic carbocycles. The van der Waals surface area contributed by atoms with Crippen LogP contribution in [0.1, 0.15) is 110 Å². The number of hydrogen-bond donors (Lipinski definition) is 0. The number of likely N-dealkylation sites (tertiary alicyclic amines) is 1. The molecule has 2 nitrogen and oxygen atoms in total. The van der Waals surface area contributed by atoms with Gasteiger partial charge in [-0.25, -0.2) is 0 Å². The van der Waals surface area contributed by atoms with Crippen LogP contribution in [0.15, 0.2) is 24.3 Å². The van der Waals surface area contributed by atoms with Gasteiger partial charge in [-0.2, -0.15) is 0 Å². The molecule has 0 spiro atoms. The Morgan fingerprint density at radius 3 is 2.57 bits per heavy atom. The standard InChI is InChI=1S/C31H51BNOP/c1-5-23(3)20-25(6-2)22-33-18-15-26(16-19-33)30(27-11-8-14-29(35)21-27)31(32)17-9-13-28(31)12-7-10-24(4)34/h8,11,14,21,23,25-26,28,30H,5-7,9-10,12-13,15-20,22,35H2,1-4H3/t23?,25?,28-,30?,31+/m0/s1. The van der Waals surface area contributed by atoms with Crippen molar-refractivity contribution in [3.05, 3.63) is 29.8 Å². The number of ketones is 1. The van der Waals surface area contributed by atoms with E-state index in [2.05, 4.69) is 59.2 Å². The number of nitrogens with zero attached hydrogens (tertiary/aromatic N) is 1. The molecule has 1 aliphatic heterocycles.